The molecule has 2 amide bonds. The molecule has 5 aromatic rings. The number of rotatable bonds is 14. The number of nitrogens with zero attached hydrogens (tertiary/aromatic N) is 2. The van der Waals surface area contributed by atoms with Gasteiger partial charge in [0.15, 0.2) is 10.6 Å². The van der Waals surface area contributed by atoms with Crippen LogP contribution < -0.4 is 16.4 Å². The first-order valence-corrected chi connectivity index (χ1v) is 18.7. The number of amides is 2. The summed E-state index contributed by atoms with van der Waals surface area (Å²) in [5, 5.41) is 24.6. The molecule has 1 saturated heterocycles. The van der Waals surface area contributed by atoms with Gasteiger partial charge in [-0.2, -0.15) is 0 Å². The lowest BCUT2D eigenvalue weighted by molar-refractivity contribution is -0.245. The maximum atomic E-state index is 12.6. The van der Waals surface area contributed by atoms with Crippen LogP contribution in [-0.4, -0.2) is 39.0 Å². The van der Waals surface area contributed by atoms with Gasteiger partial charge in [0.1, 0.15) is 5.01 Å². The Bertz CT molecular complexity index is 1940. The van der Waals surface area contributed by atoms with Crippen molar-refractivity contribution in [3.63, 3.8) is 0 Å². The molecule has 0 saturated carbocycles. The smallest absolute Gasteiger partial charge is 0.224 e. The number of para-hydroxylation sites is 2. The minimum atomic E-state index is -0.586. The molecule has 2 heterocycles. The average molecular weight is 724 g/mol. The topological polar surface area (TPSA) is 149 Å². The maximum Gasteiger partial charge on any atom is 0.224 e. The van der Waals surface area contributed by atoms with Crippen molar-refractivity contribution >= 4 is 46.3 Å². The van der Waals surface area contributed by atoms with Gasteiger partial charge in [-0.3, -0.25) is 9.59 Å². The van der Waals surface area contributed by atoms with E-state index in [4.69, 9.17) is 15.2 Å². The summed E-state index contributed by atoms with van der Waals surface area (Å²) in [6, 6.07) is 31.2. The van der Waals surface area contributed by atoms with Crippen molar-refractivity contribution in [3.8, 4) is 11.1 Å². The van der Waals surface area contributed by atoms with Crippen molar-refractivity contribution in [2.75, 3.05) is 16.8 Å². The van der Waals surface area contributed by atoms with E-state index in [1.165, 1.54) is 0 Å². The Morgan fingerprint density at radius 1 is 0.882 bits per heavy atom. The van der Waals surface area contributed by atoms with E-state index in [0.29, 0.717) is 36.5 Å². The molecular weight excluding hydrogens is 683 g/mol. The number of carbonyl (C=O) groups excluding carboxylic acids is 2. The molecule has 1 aliphatic rings. The molecule has 0 spiro atoms. The Kier molecular flexibility index (Phi) is 12.5. The van der Waals surface area contributed by atoms with Gasteiger partial charge in [0.2, 0.25) is 11.8 Å². The van der Waals surface area contributed by atoms with E-state index >= 15 is 0 Å². The molecule has 6 rings (SSSR count). The summed E-state index contributed by atoms with van der Waals surface area (Å²) in [5.41, 5.74) is 12.7. The van der Waals surface area contributed by atoms with E-state index in [1.54, 1.807) is 47.4 Å². The summed E-state index contributed by atoms with van der Waals surface area (Å²) < 4.78 is 14.1. The zero-order valence-electron chi connectivity index (χ0n) is 28.3. The third kappa shape index (κ3) is 10.2. The summed E-state index contributed by atoms with van der Waals surface area (Å²) >= 11 is 3.22. The Hall–Kier alpha value is -4.59. The predicted molar refractivity (Wildman–Crippen MR) is 201 cm³/mol. The van der Waals surface area contributed by atoms with Crippen molar-refractivity contribution in [3.05, 3.63) is 124 Å². The standard InChI is InChI=1S/C39H41N5O5S2/c1-25-43-44-39(51-25)50-24-32-21-35(28-17-15-26(23-45)16-18-28)49-38(48-32)31-10-5-9-30(20-31)29-8-4-7-27(19-29)22-41-36(46)13-6-14-37(47)42-34-12-3-2-11-33(34)40/h2-5,7-12,15-20,32,35,38,45H,6,13-14,21-24,40H2,1H3,(H,41,46)(H,42,47)/t32-,35+,38+/m0/s1. The van der Waals surface area contributed by atoms with E-state index in [-0.39, 0.29) is 43.5 Å². The third-order valence-corrected chi connectivity index (χ3v) is 10.6. The van der Waals surface area contributed by atoms with Crippen molar-refractivity contribution in [2.24, 2.45) is 0 Å². The molecule has 0 aliphatic carbocycles. The van der Waals surface area contributed by atoms with Crippen LogP contribution >= 0.6 is 23.1 Å². The fraction of sp³-hybridized carbons (Fsp3) is 0.282. The highest BCUT2D eigenvalue weighted by Crippen LogP contribution is 2.40. The van der Waals surface area contributed by atoms with Gasteiger partial charge >= 0.3 is 0 Å². The van der Waals surface area contributed by atoms with Crippen LogP contribution in [0.4, 0.5) is 11.4 Å². The second-order valence-corrected chi connectivity index (χ2v) is 14.8. The van der Waals surface area contributed by atoms with E-state index in [0.717, 1.165) is 42.7 Å². The highest BCUT2D eigenvalue weighted by Gasteiger charge is 2.32. The molecule has 0 unspecified atom stereocenters. The summed E-state index contributed by atoms with van der Waals surface area (Å²) in [6.45, 7) is 2.31. The normalized spacial score (nSPS) is 17.2. The zero-order chi connectivity index (χ0) is 35.6. The minimum absolute atomic E-state index is 0.00929. The van der Waals surface area contributed by atoms with Crippen LogP contribution in [-0.2, 0) is 32.2 Å². The number of nitrogens with one attached hydrogen (secondary N) is 2. The molecule has 10 nitrogen and oxygen atoms in total. The van der Waals surface area contributed by atoms with E-state index in [2.05, 4.69) is 33.0 Å². The summed E-state index contributed by atoms with van der Waals surface area (Å²) in [6.07, 6.45) is 0.716. The molecule has 12 heteroatoms. The van der Waals surface area contributed by atoms with Gasteiger partial charge in [-0.25, -0.2) is 0 Å². The monoisotopic (exact) mass is 723 g/mol. The second kappa shape index (κ2) is 17.6. The minimum Gasteiger partial charge on any atom is -0.397 e. The average Bonchev–Trinajstić information content (AvgIpc) is 3.59. The molecule has 1 aromatic heterocycles. The number of hydrogen-bond donors (Lipinski definition) is 4. The number of ether oxygens (including phenoxy) is 2. The number of hydrogen-bond acceptors (Lipinski definition) is 10. The molecule has 0 radical (unpaired) electrons. The number of nitrogens with two attached hydrogens (primary N) is 1. The van der Waals surface area contributed by atoms with Gasteiger partial charge < -0.3 is 30.9 Å². The SMILES string of the molecule is Cc1nnc(SC[C@@H]2C[C@H](c3ccc(CO)cc3)O[C@H](c3cccc(-c4cccc(CNC(=O)CCCC(=O)Nc5ccccc5N)c4)c3)O2)s1. The second-order valence-electron chi connectivity index (χ2n) is 12.3. The van der Waals surface area contributed by atoms with E-state index in [9.17, 15) is 14.7 Å². The summed E-state index contributed by atoms with van der Waals surface area (Å²) in [7, 11) is 0. The Balaban J connectivity index is 1.07. The number of thioether (sulfide) groups is 1. The van der Waals surface area contributed by atoms with Crippen LogP contribution in [0.25, 0.3) is 11.1 Å². The number of aliphatic hydroxyl groups is 1. The Morgan fingerprint density at radius 3 is 2.41 bits per heavy atom. The lowest BCUT2D eigenvalue weighted by Gasteiger charge is -2.36. The van der Waals surface area contributed by atoms with Crippen LogP contribution in [0.3, 0.4) is 0 Å². The van der Waals surface area contributed by atoms with Gasteiger partial charge in [-0.15, -0.1) is 10.2 Å². The quantitative estimate of drug-likeness (QED) is 0.0682. The van der Waals surface area contributed by atoms with Gasteiger partial charge in [-0.05, 0) is 65.4 Å². The highest BCUT2D eigenvalue weighted by atomic mass is 32.2. The molecule has 264 valence electrons. The van der Waals surface area contributed by atoms with Gasteiger partial charge in [0.05, 0.1) is 30.2 Å². The number of anilines is 2. The molecule has 0 bridgehead atoms. The molecule has 3 atom stereocenters. The summed E-state index contributed by atoms with van der Waals surface area (Å²) in [4.78, 5) is 24.9. The highest BCUT2D eigenvalue weighted by molar-refractivity contribution is 8.01. The number of aromatic nitrogens is 2. The van der Waals surface area contributed by atoms with Crippen LogP contribution in [0.1, 0.15) is 65.3 Å². The van der Waals surface area contributed by atoms with Crippen molar-refractivity contribution < 1.29 is 24.2 Å². The third-order valence-electron chi connectivity index (χ3n) is 8.47. The number of aryl methyl sites for hydroxylation is 1. The van der Waals surface area contributed by atoms with Crippen molar-refractivity contribution in [1.29, 1.82) is 0 Å². The van der Waals surface area contributed by atoms with Crippen LogP contribution in [0.15, 0.2) is 101 Å². The molecule has 1 aliphatic heterocycles. The van der Waals surface area contributed by atoms with Gasteiger partial charge in [-0.1, -0.05) is 95.9 Å². The van der Waals surface area contributed by atoms with Gasteiger partial charge in [0.25, 0.3) is 0 Å². The number of benzene rings is 4. The predicted octanol–water partition coefficient (Wildman–Crippen LogP) is 7.35. The zero-order valence-corrected chi connectivity index (χ0v) is 29.9. The molecule has 51 heavy (non-hydrogen) atoms. The Labute approximate surface area is 305 Å². The molecular formula is C39H41N5O5S2. The lowest BCUT2D eigenvalue weighted by Crippen LogP contribution is -2.31. The molecule has 5 N–H and O–H groups in total. The maximum absolute atomic E-state index is 12.6. The number of carbonyl (C=O) groups is 2. The van der Waals surface area contributed by atoms with E-state index < -0.39 is 6.29 Å². The molecule has 1 fully saturated rings. The number of nitrogen functional groups attached to an aromatic ring is 1. The van der Waals surface area contributed by atoms with E-state index in [1.807, 2.05) is 67.6 Å². The largest absolute Gasteiger partial charge is 0.397 e. The first kappa shape index (κ1) is 36.2. The molecule has 4 aromatic carbocycles. The van der Waals surface area contributed by atoms with Crippen LogP contribution in [0, 0.1) is 6.92 Å². The number of aliphatic hydroxyl groups excluding tert-OH is 1. The van der Waals surface area contributed by atoms with Crippen molar-refractivity contribution in [1.82, 2.24) is 15.5 Å². The lowest BCUT2D eigenvalue weighted by atomic mass is 9.99. The first-order chi connectivity index (χ1) is 24.8. The van der Waals surface area contributed by atoms with Crippen molar-refractivity contribution in [2.45, 2.75) is 68.6 Å². The van der Waals surface area contributed by atoms with Crippen LogP contribution in [0.5, 0.6) is 0 Å². The fourth-order valence-corrected chi connectivity index (χ4v) is 7.63. The van der Waals surface area contributed by atoms with Crippen LogP contribution in [0.2, 0.25) is 0 Å². The Morgan fingerprint density at radius 2 is 1.65 bits per heavy atom. The first-order valence-electron chi connectivity index (χ1n) is 16.9. The summed E-state index contributed by atoms with van der Waals surface area (Å²) in [5.74, 6) is 0.420. The van der Waals surface area contributed by atoms with Gasteiger partial charge in [0, 0.05) is 37.1 Å². The fourth-order valence-electron chi connectivity index (χ4n) is 5.77.